The number of anilines is 1. The zero-order valence-electron chi connectivity index (χ0n) is 14.3. The van der Waals surface area contributed by atoms with Crippen LogP contribution in [-0.4, -0.2) is 38.1 Å². The average molecular weight is 375 g/mol. The van der Waals surface area contributed by atoms with Crippen LogP contribution in [0.25, 0.3) is 0 Å². The van der Waals surface area contributed by atoms with Crippen molar-refractivity contribution in [1.29, 1.82) is 0 Å². The van der Waals surface area contributed by atoms with E-state index in [4.69, 9.17) is 21.1 Å². The van der Waals surface area contributed by atoms with Crippen LogP contribution < -0.4 is 19.7 Å². The number of ether oxygens (including phenoxy) is 2. The molecule has 136 valence electrons. The van der Waals surface area contributed by atoms with Crippen LogP contribution in [0.1, 0.15) is 6.42 Å². The van der Waals surface area contributed by atoms with Gasteiger partial charge in [0, 0.05) is 29.7 Å². The van der Waals surface area contributed by atoms with Gasteiger partial charge in [-0.1, -0.05) is 17.7 Å². The number of carbonyl (C=O) groups is 2. The summed E-state index contributed by atoms with van der Waals surface area (Å²) >= 11 is 5.87. The molecule has 1 saturated heterocycles. The highest BCUT2D eigenvalue weighted by atomic mass is 35.5. The SMILES string of the molecule is COc1cccc(OCC(=O)N[C@@H]2CC(=O)N(c3ccc(Cl)cc3)C2)c1. The molecule has 1 N–H and O–H groups in total. The van der Waals surface area contributed by atoms with E-state index in [-0.39, 0.29) is 30.9 Å². The van der Waals surface area contributed by atoms with Crippen LogP contribution in [0.15, 0.2) is 48.5 Å². The summed E-state index contributed by atoms with van der Waals surface area (Å²) in [5, 5.41) is 3.45. The Morgan fingerprint density at radius 2 is 1.96 bits per heavy atom. The van der Waals surface area contributed by atoms with E-state index in [9.17, 15) is 9.59 Å². The molecule has 0 spiro atoms. The van der Waals surface area contributed by atoms with E-state index in [1.54, 1.807) is 60.5 Å². The van der Waals surface area contributed by atoms with Gasteiger partial charge in [0.05, 0.1) is 13.2 Å². The number of nitrogens with zero attached hydrogens (tertiary/aromatic N) is 1. The lowest BCUT2D eigenvalue weighted by Crippen LogP contribution is -2.39. The summed E-state index contributed by atoms with van der Waals surface area (Å²) in [7, 11) is 1.56. The molecular formula is C19H19ClN2O4. The van der Waals surface area contributed by atoms with E-state index < -0.39 is 0 Å². The third-order valence-electron chi connectivity index (χ3n) is 4.04. The topological polar surface area (TPSA) is 67.9 Å². The van der Waals surface area contributed by atoms with E-state index in [2.05, 4.69) is 5.32 Å². The van der Waals surface area contributed by atoms with Crippen molar-refractivity contribution in [2.45, 2.75) is 12.5 Å². The molecule has 6 nitrogen and oxygen atoms in total. The molecule has 0 bridgehead atoms. The van der Waals surface area contributed by atoms with Crippen molar-refractivity contribution in [2.75, 3.05) is 25.2 Å². The molecule has 2 aromatic rings. The van der Waals surface area contributed by atoms with Gasteiger partial charge in [-0.25, -0.2) is 0 Å². The van der Waals surface area contributed by atoms with Crippen LogP contribution in [0.5, 0.6) is 11.5 Å². The van der Waals surface area contributed by atoms with Gasteiger partial charge >= 0.3 is 0 Å². The molecule has 1 aliphatic rings. The highest BCUT2D eigenvalue weighted by Crippen LogP contribution is 2.23. The monoisotopic (exact) mass is 374 g/mol. The largest absolute Gasteiger partial charge is 0.497 e. The summed E-state index contributed by atoms with van der Waals surface area (Å²) in [6.07, 6.45) is 0.257. The van der Waals surface area contributed by atoms with E-state index in [1.165, 1.54) is 0 Å². The van der Waals surface area contributed by atoms with Crippen molar-refractivity contribution >= 4 is 29.1 Å². The first-order valence-corrected chi connectivity index (χ1v) is 8.55. The Morgan fingerprint density at radius 1 is 1.23 bits per heavy atom. The fourth-order valence-electron chi connectivity index (χ4n) is 2.78. The lowest BCUT2D eigenvalue weighted by Gasteiger charge is -2.17. The van der Waals surface area contributed by atoms with Crippen LogP contribution >= 0.6 is 11.6 Å². The Labute approximate surface area is 156 Å². The lowest BCUT2D eigenvalue weighted by atomic mass is 10.2. The number of hydrogen-bond donors (Lipinski definition) is 1. The molecule has 2 aromatic carbocycles. The van der Waals surface area contributed by atoms with E-state index in [1.807, 2.05) is 0 Å². The summed E-state index contributed by atoms with van der Waals surface area (Å²) in [5.41, 5.74) is 0.767. The smallest absolute Gasteiger partial charge is 0.258 e. The third-order valence-corrected chi connectivity index (χ3v) is 4.29. The molecule has 0 radical (unpaired) electrons. The van der Waals surface area contributed by atoms with Gasteiger partial charge in [-0.05, 0) is 36.4 Å². The molecule has 7 heteroatoms. The molecule has 0 unspecified atom stereocenters. The van der Waals surface area contributed by atoms with E-state index in [0.717, 1.165) is 5.69 Å². The van der Waals surface area contributed by atoms with Gasteiger partial charge in [-0.3, -0.25) is 9.59 Å². The van der Waals surface area contributed by atoms with Gasteiger partial charge in [0.15, 0.2) is 6.61 Å². The Morgan fingerprint density at radius 3 is 2.69 bits per heavy atom. The Balaban J connectivity index is 1.51. The highest BCUT2D eigenvalue weighted by molar-refractivity contribution is 6.30. The number of methoxy groups -OCH3 is 1. The number of amides is 2. The maximum absolute atomic E-state index is 12.2. The van der Waals surface area contributed by atoms with Crippen LogP contribution in [0.4, 0.5) is 5.69 Å². The highest BCUT2D eigenvalue weighted by Gasteiger charge is 2.31. The van der Waals surface area contributed by atoms with Crippen LogP contribution in [-0.2, 0) is 9.59 Å². The van der Waals surface area contributed by atoms with Crippen molar-refractivity contribution < 1.29 is 19.1 Å². The first-order valence-electron chi connectivity index (χ1n) is 8.17. The van der Waals surface area contributed by atoms with Crippen molar-refractivity contribution in [3.8, 4) is 11.5 Å². The normalized spacial score (nSPS) is 16.5. The fourth-order valence-corrected chi connectivity index (χ4v) is 2.91. The molecule has 1 atom stereocenters. The fraction of sp³-hybridized carbons (Fsp3) is 0.263. The quantitative estimate of drug-likeness (QED) is 0.844. The van der Waals surface area contributed by atoms with Crippen molar-refractivity contribution in [1.82, 2.24) is 5.32 Å². The van der Waals surface area contributed by atoms with Crippen molar-refractivity contribution in [2.24, 2.45) is 0 Å². The van der Waals surface area contributed by atoms with Crippen LogP contribution in [0, 0.1) is 0 Å². The van der Waals surface area contributed by atoms with Crippen molar-refractivity contribution in [3.63, 3.8) is 0 Å². The minimum Gasteiger partial charge on any atom is -0.497 e. The number of nitrogens with one attached hydrogen (secondary N) is 1. The van der Waals surface area contributed by atoms with E-state index in [0.29, 0.717) is 23.1 Å². The summed E-state index contributed by atoms with van der Waals surface area (Å²) in [5.74, 6) is 0.891. The molecule has 0 aromatic heterocycles. The van der Waals surface area contributed by atoms with Gasteiger partial charge in [0.2, 0.25) is 5.91 Å². The van der Waals surface area contributed by atoms with Gasteiger partial charge in [-0.2, -0.15) is 0 Å². The number of benzene rings is 2. The predicted molar refractivity (Wildman–Crippen MR) is 98.8 cm³/mol. The molecule has 0 aliphatic carbocycles. The Hall–Kier alpha value is -2.73. The minimum atomic E-state index is -0.274. The standard InChI is InChI=1S/C19H19ClN2O4/c1-25-16-3-2-4-17(10-16)26-12-18(23)21-14-9-19(24)22(11-14)15-7-5-13(20)6-8-15/h2-8,10,14H,9,11-12H2,1H3,(H,21,23)/t14-/m1/s1. The molecule has 0 saturated carbocycles. The van der Waals surface area contributed by atoms with E-state index >= 15 is 0 Å². The second-order valence-electron chi connectivity index (χ2n) is 5.92. The summed E-state index contributed by atoms with van der Waals surface area (Å²) in [6.45, 7) is 0.296. The summed E-state index contributed by atoms with van der Waals surface area (Å²) < 4.78 is 10.6. The second kappa shape index (κ2) is 8.10. The molecule has 1 aliphatic heterocycles. The first-order chi connectivity index (χ1) is 12.5. The maximum Gasteiger partial charge on any atom is 0.258 e. The molecular weight excluding hydrogens is 356 g/mol. The maximum atomic E-state index is 12.2. The zero-order valence-corrected chi connectivity index (χ0v) is 15.0. The molecule has 26 heavy (non-hydrogen) atoms. The number of rotatable bonds is 6. The van der Waals surface area contributed by atoms with Gasteiger partial charge in [0.1, 0.15) is 11.5 Å². The van der Waals surface area contributed by atoms with Gasteiger partial charge in [0.25, 0.3) is 5.91 Å². The van der Waals surface area contributed by atoms with Gasteiger partial charge < -0.3 is 19.7 Å². The second-order valence-corrected chi connectivity index (χ2v) is 6.35. The summed E-state index contributed by atoms with van der Waals surface area (Å²) in [4.78, 5) is 25.9. The molecule has 3 rings (SSSR count). The molecule has 1 heterocycles. The van der Waals surface area contributed by atoms with Gasteiger partial charge in [-0.15, -0.1) is 0 Å². The Kier molecular flexibility index (Phi) is 5.63. The van der Waals surface area contributed by atoms with Crippen molar-refractivity contribution in [3.05, 3.63) is 53.6 Å². The lowest BCUT2D eigenvalue weighted by molar-refractivity contribution is -0.123. The number of carbonyl (C=O) groups excluding carboxylic acids is 2. The number of hydrogen-bond acceptors (Lipinski definition) is 4. The van der Waals surface area contributed by atoms with Crippen LogP contribution in [0.3, 0.4) is 0 Å². The molecule has 2 amide bonds. The first kappa shape index (κ1) is 18.1. The average Bonchev–Trinajstić information content (AvgIpc) is 3.01. The minimum absolute atomic E-state index is 0.0358. The summed E-state index contributed by atoms with van der Waals surface area (Å²) in [6, 6.07) is 13.8. The Bertz CT molecular complexity index is 794. The number of halogens is 1. The zero-order chi connectivity index (χ0) is 18.5. The predicted octanol–water partition coefficient (Wildman–Crippen LogP) is 2.65. The third kappa shape index (κ3) is 4.46. The molecule has 1 fully saturated rings. The van der Waals surface area contributed by atoms with Crippen LogP contribution in [0.2, 0.25) is 5.02 Å².